The molecular weight excluding hydrogens is 572 g/mol. The number of carbonyl (C=O) groups is 2. The van der Waals surface area contributed by atoms with Crippen LogP contribution in [0.5, 0.6) is 0 Å². The van der Waals surface area contributed by atoms with Crippen molar-refractivity contribution in [2.75, 3.05) is 11.6 Å². The topological polar surface area (TPSA) is 85.3 Å². The van der Waals surface area contributed by atoms with Crippen LogP contribution in [0.15, 0.2) is 77.8 Å². The zero-order chi connectivity index (χ0) is 30.7. The molecule has 2 N–H and O–H groups in total. The van der Waals surface area contributed by atoms with E-state index in [-0.39, 0.29) is 17.8 Å². The van der Waals surface area contributed by atoms with Crippen molar-refractivity contribution in [3.8, 4) is 22.3 Å². The van der Waals surface area contributed by atoms with Gasteiger partial charge < -0.3 is 15.4 Å². The Morgan fingerprint density at radius 1 is 0.929 bits per heavy atom. The van der Waals surface area contributed by atoms with E-state index in [1.165, 1.54) is 17.8 Å². The van der Waals surface area contributed by atoms with E-state index in [1.54, 1.807) is 75.4 Å². The molecule has 0 unspecified atom stereocenters. The third-order valence-electron chi connectivity index (χ3n) is 5.94. The summed E-state index contributed by atoms with van der Waals surface area (Å²) in [5.41, 5.74) is 1.10. The average molecular weight is 601 g/mol. The fourth-order valence-corrected chi connectivity index (χ4v) is 4.40. The number of hydrogen-bond acceptors (Lipinski definition) is 5. The molecule has 1 aromatic heterocycles. The first-order chi connectivity index (χ1) is 19.7. The zero-order valence-corrected chi connectivity index (χ0v) is 24.0. The van der Waals surface area contributed by atoms with Crippen molar-refractivity contribution in [3.05, 3.63) is 90.0 Å². The smallest absolute Gasteiger partial charge is 0.435 e. The fraction of sp³-hybridized carbons (Fsp3) is 0.233. The van der Waals surface area contributed by atoms with Crippen LogP contribution in [0.1, 0.15) is 32.0 Å². The number of alkyl halides is 3. The summed E-state index contributed by atoms with van der Waals surface area (Å²) >= 11 is 1.39. The summed E-state index contributed by atoms with van der Waals surface area (Å²) in [5, 5.41) is 8.62. The van der Waals surface area contributed by atoms with Gasteiger partial charge in [-0.1, -0.05) is 42.5 Å². The summed E-state index contributed by atoms with van der Waals surface area (Å²) in [6.07, 6.45) is -2.53. The highest BCUT2D eigenvalue weighted by molar-refractivity contribution is 7.98. The van der Waals surface area contributed by atoms with E-state index in [2.05, 4.69) is 15.7 Å². The molecule has 0 fully saturated rings. The van der Waals surface area contributed by atoms with Gasteiger partial charge in [0.15, 0.2) is 5.69 Å². The fourth-order valence-electron chi connectivity index (χ4n) is 3.98. The van der Waals surface area contributed by atoms with Crippen molar-refractivity contribution in [2.24, 2.45) is 0 Å². The number of thioether (sulfide) groups is 1. The Hall–Kier alpha value is -4.32. The summed E-state index contributed by atoms with van der Waals surface area (Å²) in [4.78, 5) is 25.6. The Labute approximate surface area is 244 Å². The third-order valence-corrected chi connectivity index (χ3v) is 6.66. The molecule has 0 aliphatic carbocycles. The Morgan fingerprint density at radius 3 is 2.19 bits per heavy atom. The van der Waals surface area contributed by atoms with E-state index in [9.17, 15) is 27.2 Å². The Morgan fingerprint density at radius 2 is 1.60 bits per heavy atom. The first-order valence-corrected chi connectivity index (χ1v) is 13.9. The van der Waals surface area contributed by atoms with Crippen molar-refractivity contribution in [1.29, 1.82) is 0 Å². The van der Waals surface area contributed by atoms with Crippen LogP contribution in [-0.2, 0) is 17.5 Å². The van der Waals surface area contributed by atoms with E-state index in [0.29, 0.717) is 27.4 Å². The number of amides is 2. The van der Waals surface area contributed by atoms with Crippen LogP contribution in [0, 0.1) is 5.82 Å². The minimum atomic E-state index is -4.71. The number of aromatic nitrogens is 2. The van der Waals surface area contributed by atoms with Gasteiger partial charge in [0.1, 0.15) is 11.4 Å². The highest BCUT2D eigenvalue weighted by Crippen LogP contribution is 2.35. The third kappa shape index (κ3) is 7.69. The van der Waals surface area contributed by atoms with Crippen LogP contribution in [0.2, 0.25) is 0 Å². The Bertz CT molecular complexity index is 1600. The molecule has 1 heterocycles. The molecule has 4 rings (SSSR count). The molecule has 7 nitrogen and oxygen atoms in total. The summed E-state index contributed by atoms with van der Waals surface area (Å²) in [6, 6.07) is 16.6. The average Bonchev–Trinajstić information content (AvgIpc) is 3.43. The number of anilines is 1. The van der Waals surface area contributed by atoms with Crippen LogP contribution in [0.3, 0.4) is 0 Å². The van der Waals surface area contributed by atoms with Gasteiger partial charge in [-0.15, -0.1) is 11.8 Å². The molecule has 0 bridgehead atoms. The highest BCUT2D eigenvalue weighted by atomic mass is 32.2. The van der Waals surface area contributed by atoms with E-state index in [0.717, 1.165) is 16.7 Å². The van der Waals surface area contributed by atoms with Crippen LogP contribution in [0.4, 0.5) is 32.8 Å². The molecule has 0 radical (unpaired) electrons. The minimum absolute atomic E-state index is 0.212. The van der Waals surface area contributed by atoms with Gasteiger partial charge >= 0.3 is 18.3 Å². The van der Waals surface area contributed by atoms with E-state index in [4.69, 9.17) is 4.74 Å². The largest absolute Gasteiger partial charge is 0.444 e. The van der Waals surface area contributed by atoms with Gasteiger partial charge in [-0.05, 0) is 68.0 Å². The predicted molar refractivity (Wildman–Crippen MR) is 154 cm³/mol. The van der Waals surface area contributed by atoms with Gasteiger partial charge in [0.05, 0.1) is 5.69 Å². The van der Waals surface area contributed by atoms with E-state index in [1.807, 2.05) is 6.26 Å². The summed E-state index contributed by atoms with van der Waals surface area (Å²) in [5.74, 6) is -0.462. The molecule has 0 aliphatic heterocycles. The van der Waals surface area contributed by atoms with Gasteiger partial charge in [0.2, 0.25) is 0 Å². The van der Waals surface area contributed by atoms with Crippen molar-refractivity contribution < 1.29 is 31.9 Å². The number of ether oxygens (including phenoxy) is 1. The quantitative estimate of drug-likeness (QED) is 0.172. The molecule has 12 heteroatoms. The Kier molecular flexibility index (Phi) is 8.95. The number of nitrogens with one attached hydrogen (secondary N) is 2. The lowest BCUT2D eigenvalue weighted by molar-refractivity contribution is -0.141. The maximum atomic E-state index is 14.9. The monoisotopic (exact) mass is 600 g/mol. The molecule has 2 amide bonds. The molecule has 220 valence electrons. The molecule has 0 saturated carbocycles. The second-order valence-corrected chi connectivity index (χ2v) is 11.1. The lowest BCUT2D eigenvalue weighted by Crippen LogP contribution is -2.32. The van der Waals surface area contributed by atoms with Gasteiger partial charge in [0.25, 0.3) is 0 Å². The number of hydrogen-bond donors (Lipinski definition) is 2. The van der Waals surface area contributed by atoms with Crippen molar-refractivity contribution >= 4 is 29.6 Å². The number of carbonyl (C=O) groups excluding carboxylic acids is 2. The van der Waals surface area contributed by atoms with Crippen LogP contribution < -0.4 is 10.6 Å². The molecule has 42 heavy (non-hydrogen) atoms. The summed E-state index contributed by atoms with van der Waals surface area (Å²) < 4.78 is 59.8. The molecule has 0 atom stereocenters. The van der Waals surface area contributed by atoms with Crippen LogP contribution in [0.25, 0.3) is 22.3 Å². The molecule has 0 aliphatic rings. The first-order valence-electron chi connectivity index (χ1n) is 12.7. The summed E-state index contributed by atoms with van der Waals surface area (Å²) in [7, 11) is 0. The van der Waals surface area contributed by atoms with E-state index >= 15 is 0 Å². The molecule has 4 aromatic rings. The van der Waals surface area contributed by atoms with Crippen LogP contribution >= 0.6 is 11.8 Å². The standard InChI is InChI=1S/C30H28F4N4O3S/c1-29(2,3)41-28(40)35-17-18-5-7-19(8-6-18)23-11-9-20(22-12-10-21(42-4)16-24(22)31)15-25(23)36-27(39)38-14-13-26(37-38)30(32,33)34/h5-16H,17H2,1-4H3,(H,35,40)(H,36,39). The highest BCUT2D eigenvalue weighted by Gasteiger charge is 2.34. The van der Waals surface area contributed by atoms with Gasteiger partial charge in [-0.25, -0.2) is 14.0 Å². The normalized spacial score (nSPS) is 11.7. The predicted octanol–water partition coefficient (Wildman–Crippen LogP) is 8.20. The van der Waals surface area contributed by atoms with Crippen LogP contribution in [-0.4, -0.2) is 33.8 Å². The van der Waals surface area contributed by atoms with Crippen molar-refractivity contribution in [3.63, 3.8) is 0 Å². The molecule has 0 spiro atoms. The number of halogens is 4. The second-order valence-electron chi connectivity index (χ2n) is 10.2. The maximum Gasteiger partial charge on any atom is 0.435 e. The van der Waals surface area contributed by atoms with Gasteiger partial charge in [0, 0.05) is 28.8 Å². The Balaban J connectivity index is 1.65. The first kappa shape index (κ1) is 30.6. The van der Waals surface area contributed by atoms with Gasteiger partial charge in [-0.3, -0.25) is 0 Å². The number of benzene rings is 3. The van der Waals surface area contributed by atoms with Crippen molar-refractivity contribution in [1.82, 2.24) is 15.1 Å². The van der Waals surface area contributed by atoms with Crippen molar-refractivity contribution in [2.45, 2.75) is 44.0 Å². The molecule has 3 aromatic carbocycles. The molecular formula is C30H28F4N4O3S. The summed E-state index contributed by atoms with van der Waals surface area (Å²) in [6.45, 7) is 5.50. The molecule has 0 saturated heterocycles. The number of rotatable bonds is 6. The number of alkyl carbamates (subject to hydrolysis) is 1. The van der Waals surface area contributed by atoms with E-state index < -0.39 is 35.4 Å². The number of nitrogens with zero attached hydrogens (tertiary/aromatic N) is 2. The maximum absolute atomic E-state index is 14.9. The lowest BCUT2D eigenvalue weighted by Gasteiger charge is -2.19. The second kappa shape index (κ2) is 12.3. The lowest BCUT2D eigenvalue weighted by atomic mass is 9.97. The van der Waals surface area contributed by atoms with Gasteiger partial charge in [-0.2, -0.15) is 23.0 Å². The minimum Gasteiger partial charge on any atom is -0.444 e. The SMILES string of the molecule is CSc1ccc(-c2ccc(-c3ccc(CNC(=O)OC(C)(C)C)cc3)c(NC(=O)n3ccc(C(F)(F)F)n3)c2)c(F)c1. The zero-order valence-electron chi connectivity index (χ0n) is 23.2.